The van der Waals surface area contributed by atoms with Gasteiger partial charge >= 0.3 is 11.8 Å². The Hall–Kier alpha value is -2.37. The predicted octanol–water partition coefficient (Wildman–Crippen LogP) is 0.615. The molecular weight excluding hydrogens is 246 g/mol. The molecule has 6 heteroatoms. The van der Waals surface area contributed by atoms with Gasteiger partial charge in [-0.1, -0.05) is 13.8 Å². The van der Waals surface area contributed by atoms with E-state index in [1.54, 1.807) is 12.1 Å². The van der Waals surface area contributed by atoms with Gasteiger partial charge in [0.25, 0.3) is 0 Å². The van der Waals surface area contributed by atoms with Crippen molar-refractivity contribution in [2.75, 3.05) is 6.54 Å². The minimum Gasteiger partial charge on any atom is -0.508 e. The van der Waals surface area contributed by atoms with Crippen LogP contribution in [-0.4, -0.2) is 29.7 Å². The normalized spacial score (nSPS) is 10.7. The molecule has 1 rings (SSSR count). The molecule has 19 heavy (non-hydrogen) atoms. The number of hydrogen-bond acceptors (Lipinski definition) is 4. The Balaban J connectivity index is 2.41. The molecule has 0 aliphatic heterocycles. The van der Waals surface area contributed by atoms with Gasteiger partial charge in [0.05, 0.1) is 6.21 Å². The molecule has 0 heterocycles. The molecule has 1 aromatic rings. The number of phenolic OH excluding ortho intramolecular Hbond substituents is 1. The van der Waals surface area contributed by atoms with Gasteiger partial charge in [0.15, 0.2) is 0 Å². The number of carbonyl (C=O) groups is 2. The van der Waals surface area contributed by atoms with Crippen molar-refractivity contribution in [3.8, 4) is 5.75 Å². The van der Waals surface area contributed by atoms with E-state index >= 15 is 0 Å². The van der Waals surface area contributed by atoms with Crippen LogP contribution in [0.2, 0.25) is 0 Å². The van der Waals surface area contributed by atoms with Crippen LogP contribution in [0.3, 0.4) is 0 Å². The minimum absolute atomic E-state index is 0.147. The third-order valence-corrected chi connectivity index (χ3v) is 2.15. The van der Waals surface area contributed by atoms with Crippen LogP contribution in [0.4, 0.5) is 0 Å². The number of nitrogens with one attached hydrogen (secondary N) is 2. The second kappa shape index (κ2) is 7.15. The number of nitrogens with zero attached hydrogens (tertiary/aromatic N) is 1. The quantitative estimate of drug-likeness (QED) is 0.422. The van der Waals surface area contributed by atoms with Crippen molar-refractivity contribution in [2.45, 2.75) is 13.8 Å². The van der Waals surface area contributed by atoms with E-state index in [1.165, 1.54) is 18.3 Å². The molecule has 0 saturated carbocycles. The van der Waals surface area contributed by atoms with Crippen molar-refractivity contribution in [3.63, 3.8) is 0 Å². The number of phenols is 1. The Bertz CT molecular complexity index is 467. The van der Waals surface area contributed by atoms with E-state index in [9.17, 15) is 9.59 Å². The Labute approximate surface area is 111 Å². The minimum atomic E-state index is -0.810. The van der Waals surface area contributed by atoms with E-state index in [0.29, 0.717) is 12.1 Å². The first-order chi connectivity index (χ1) is 8.99. The number of amides is 2. The first kappa shape index (κ1) is 14.7. The maximum absolute atomic E-state index is 11.3. The standard InChI is InChI=1S/C13H17N3O3/c1-9(2)7-14-12(18)13(19)16-15-8-10-3-5-11(17)6-4-10/h3-6,8-9,17H,7H2,1-2H3,(H,14,18)(H,16,19)/b15-8-. The molecule has 0 unspecified atom stereocenters. The Morgan fingerprint density at radius 1 is 1.26 bits per heavy atom. The van der Waals surface area contributed by atoms with Crippen LogP contribution in [0.15, 0.2) is 29.4 Å². The largest absolute Gasteiger partial charge is 0.508 e. The van der Waals surface area contributed by atoms with Crippen LogP contribution in [0.1, 0.15) is 19.4 Å². The molecule has 0 aliphatic rings. The molecule has 0 aromatic heterocycles. The van der Waals surface area contributed by atoms with E-state index in [2.05, 4.69) is 15.8 Å². The summed E-state index contributed by atoms with van der Waals surface area (Å²) in [6, 6.07) is 6.25. The van der Waals surface area contributed by atoms with Crippen LogP contribution < -0.4 is 10.7 Å². The Morgan fingerprint density at radius 2 is 1.89 bits per heavy atom. The maximum atomic E-state index is 11.3. The van der Waals surface area contributed by atoms with Crippen molar-refractivity contribution in [2.24, 2.45) is 11.0 Å². The van der Waals surface area contributed by atoms with Crippen molar-refractivity contribution in [3.05, 3.63) is 29.8 Å². The molecule has 0 bridgehead atoms. The Morgan fingerprint density at radius 3 is 2.47 bits per heavy atom. The summed E-state index contributed by atoms with van der Waals surface area (Å²) in [6.45, 7) is 4.30. The zero-order valence-corrected chi connectivity index (χ0v) is 10.9. The lowest BCUT2D eigenvalue weighted by Gasteiger charge is -2.05. The first-order valence-electron chi connectivity index (χ1n) is 5.89. The summed E-state index contributed by atoms with van der Waals surface area (Å²) < 4.78 is 0. The van der Waals surface area contributed by atoms with E-state index in [1.807, 2.05) is 13.8 Å². The third kappa shape index (κ3) is 5.67. The molecule has 3 N–H and O–H groups in total. The maximum Gasteiger partial charge on any atom is 0.329 e. The lowest BCUT2D eigenvalue weighted by atomic mass is 10.2. The van der Waals surface area contributed by atoms with Crippen molar-refractivity contribution < 1.29 is 14.7 Å². The van der Waals surface area contributed by atoms with E-state index in [-0.39, 0.29) is 11.7 Å². The molecule has 2 amide bonds. The van der Waals surface area contributed by atoms with Gasteiger partial charge in [-0.2, -0.15) is 5.10 Å². The van der Waals surface area contributed by atoms with Gasteiger partial charge in [-0.3, -0.25) is 9.59 Å². The molecule has 1 aromatic carbocycles. The smallest absolute Gasteiger partial charge is 0.329 e. The number of rotatable bonds is 4. The molecular formula is C13H17N3O3. The molecule has 6 nitrogen and oxygen atoms in total. The average Bonchev–Trinajstić information content (AvgIpc) is 2.38. The number of benzene rings is 1. The van der Waals surface area contributed by atoms with Crippen LogP contribution in [0, 0.1) is 5.92 Å². The van der Waals surface area contributed by atoms with Gasteiger partial charge in [-0.05, 0) is 35.7 Å². The van der Waals surface area contributed by atoms with Gasteiger partial charge in [-0.25, -0.2) is 5.43 Å². The lowest BCUT2D eigenvalue weighted by Crippen LogP contribution is -2.39. The fourth-order valence-electron chi connectivity index (χ4n) is 1.15. The zero-order chi connectivity index (χ0) is 14.3. The van der Waals surface area contributed by atoms with E-state index in [0.717, 1.165) is 0 Å². The van der Waals surface area contributed by atoms with Crippen molar-refractivity contribution >= 4 is 18.0 Å². The van der Waals surface area contributed by atoms with Crippen LogP contribution in [0.25, 0.3) is 0 Å². The summed E-state index contributed by atoms with van der Waals surface area (Å²) in [5.41, 5.74) is 2.82. The average molecular weight is 263 g/mol. The van der Waals surface area contributed by atoms with Crippen LogP contribution >= 0.6 is 0 Å². The molecule has 0 radical (unpaired) electrons. The van der Waals surface area contributed by atoms with Crippen LogP contribution in [-0.2, 0) is 9.59 Å². The van der Waals surface area contributed by atoms with Crippen molar-refractivity contribution in [1.29, 1.82) is 0 Å². The van der Waals surface area contributed by atoms with Crippen LogP contribution in [0.5, 0.6) is 5.75 Å². The summed E-state index contributed by atoms with van der Waals surface area (Å²) in [6.07, 6.45) is 1.38. The highest BCUT2D eigenvalue weighted by Crippen LogP contribution is 2.07. The summed E-state index contributed by atoms with van der Waals surface area (Å²) in [4.78, 5) is 22.6. The highest BCUT2D eigenvalue weighted by molar-refractivity contribution is 6.35. The summed E-state index contributed by atoms with van der Waals surface area (Å²) in [5, 5.41) is 15.2. The van der Waals surface area contributed by atoms with Gasteiger partial charge in [0, 0.05) is 6.54 Å². The van der Waals surface area contributed by atoms with Gasteiger partial charge in [0.1, 0.15) is 5.75 Å². The number of hydrogen-bond donors (Lipinski definition) is 3. The second-order valence-corrected chi connectivity index (χ2v) is 4.39. The highest BCUT2D eigenvalue weighted by atomic mass is 16.3. The Kier molecular flexibility index (Phi) is 5.53. The monoisotopic (exact) mass is 263 g/mol. The summed E-state index contributed by atoms with van der Waals surface area (Å²) in [7, 11) is 0. The van der Waals surface area contributed by atoms with Gasteiger partial charge < -0.3 is 10.4 Å². The SMILES string of the molecule is CC(C)CNC(=O)C(=O)N/N=C\c1ccc(O)cc1. The van der Waals surface area contributed by atoms with Crippen molar-refractivity contribution in [1.82, 2.24) is 10.7 Å². The second-order valence-electron chi connectivity index (χ2n) is 4.39. The highest BCUT2D eigenvalue weighted by Gasteiger charge is 2.11. The molecule has 0 aliphatic carbocycles. The summed E-state index contributed by atoms with van der Waals surface area (Å²) in [5.74, 6) is -1.10. The fourth-order valence-corrected chi connectivity index (χ4v) is 1.15. The summed E-state index contributed by atoms with van der Waals surface area (Å²) >= 11 is 0. The fraction of sp³-hybridized carbons (Fsp3) is 0.308. The molecule has 0 saturated heterocycles. The van der Waals surface area contributed by atoms with E-state index in [4.69, 9.17) is 5.11 Å². The topological polar surface area (TPSA) is 90.8 Å². The first-order valence-corrected chi connectivity index (χ1v) is 5.89. The van der Waals surface area contributed by atoms with Gasteiger partial charge in [-0.15, -0.1) is 0 Å². The predicted molar refractivity (Wildman–Crippen MR) is 71.7 cm³/mol. The molecule has 102 valence electrons. The molecule has 0 fully saturated rings. The van der Waals surface area contributed by atoms with E-state index < -0.39 is 11.8 Å². The number of hydrazone groups is 1. The zero-order valence-electron chi connectivity index (χ0n) is 10.9. The number of carbonyl (C=O) groups excluding carboxylic acids is 2. The van der Waals surface area contributed by atoms with Gasteiger partial charge in [0.2, 0.25) is 0 Å². The number of aromatic hydroxyl groups is 1. The molecule has 0 spiro atoms. The third-order valence-electron chi connectivity index (χ3n) is 2.15. The lowest BCUT2D eigenvalue weighted by molar-refractivity contribution is -0.139. The molecule has 0 atom stereocenters.